The summed E-state index contributed by atoms with van der Waals surface area (Å²) in [6.45, 7) is 24.7. The molecule has 12 aromatic rings. The molecule has 0 amide bonds. The molecule has 0 unspecified atom stereocenters. The molecule has 0 atom stereocenters. The van der Waals surface area contributed by atoms with Crippen LogP contribution in [0.5, 0.6) is 0 Å². The lowest BCUT2D eigenvalue weighted by molar-refractivity contribution is 0.590. The summed E-state index contributed by atoms with van der Waals surface area (Å²) >= 11 is 1.51. The van der Waals surface area contributed by atoms with Crippen LogP contribution in [0, 0.1) is 0 Å². The van der Waals surface area contributed by atoms with Crippen LogP contribution in [-0.4, -0.2) is 6.71 Å². The highest BCUT2D eigenvalue weighted by Crippen LogP contribution is 2.53. The zero-order chi connectivity index (χ0) is 77.4. The van der Waals surface area contributed by atoms with Gasteiger partial charge in [-0.1, -0.05) is 259 Å². The molecule has 438 valence electrons. The molecule has 3 nitrogen and oxygen atoms in total. The van der Waals surface area contributed by atoms with Gasteiger partial charge in [-0.25, -0.2) is 0 Å². The van der Waals surface area contributed by atoms with Gasteiger partial charge in [0.05, 0.1) is 41.7 Å². The first-order chi connectivity index (χ1) is 50.1. The Morgan fingerprint density at radius 2 is 0.921 bits per heavy atom. The molecular formula is C84H78BN3S. The van der Waals surface area contributed by atoms with Crippen LogP contribution in [0.15, 0.2) is 254 Å². The standard InChI is InChI=1S/C84H78BN3S/c1-81(2,3)61-36-32-57(33-37-61)60-50-75-78-76(51-60)88(73-48-40-63(83(7,8)9)52-69(73)59-28-20-15-21-29-59)74-54-67(86(65-44-38-62(39-45-65)82(4,5)6)72-31-23-22-30-68(72)58-26-18-14-19-27-58)46-47-71(74)85(78)80-79(70-53-64(84(10,11)12)41-49-77(70)89-80)87(75)66-42-34-56(35-43-66)55-24-16-13-17-25-55/h13-54H,1-12H3/i13D,14D,16D,17D,18D,19D,22D,23D,24D,25D,26D,27D,30D,31D,34D,35D,42D,43D. The summed E-state index contributed by atoms with van der Waals surface area (Å²) in [6, 6.07) is 37.1. The van der Waals surface area contributed by atoms with Crippen LogP contribution in [-0.2, 0) is 21.7 Å². The Labute approximate surface area is 558 Å². The molecule has 14 rings (SSSR count). The number of benzene rings is 11. The SMILES string of the molecule is [2H]c1c([2H])c([2H])c(-c2c([2H])c([2H])c(N3c4cc(-c5ccc(C(C)(C)C)cc5)cc5c4B(c4ccc(N(c6ccc(C(C)(C)C)cc6)c6c([2H])c([2H])c([2H])c([2H])c6-c6c([2H])c([2H])c([2H])c([2H])c6[2H])cc4N5c4ccc(C(C)(C)C)cc4-c4ccccc4)c4sc5ccc(C(C)(C)C)cc5c43)c([2H])c2[2H])c([2H])c1[2H]. The van der Waals surface area contributed by atoms with Crippen LogP contribution in [0.3, 0.4) is 0 Å². The fourth-order valence-electron chi connectivity index (χ4n) is 12.4. The summed E-state index contributed by atoms with van der Waals surface area (Å²) in [5.41, 5.74) is 8.97. The van der Waals surface area contributed by atoms with Gasteiger partial charge < -0.3 is 14.7 Å². The van der Waals surface area contributed by atoms with E-state index >= 15 is 0 Å². The number of para-hydroxylation sites is 1. The van der Waals surface area contributed by atoms with Crippen LogP contribution in [0.2, 0.25) is 0 Å². The lowest BCUT2D eigenvalue weighted by Gasteiger charge is -2.44. The van der Waals surface area contributed by atoms with Crippen molar-refractivity contribution >= 4 is 95.0 Å². The first-order valence-electron chi connectivity index (χ1n) is 39.2. The largest absolute Gasteiger partial charge is 0.311 e. The third-order valence-corrected chi connectivity index (χ3v) is 18.5. The topological polar surface area (TPSA) is 9.72 Å². The Bertz CT molecular complexity index is 5670. The van der Waals surface area contributed by atoms with Gasteiger partial charge in [0.15, 0.2) is 0 Å². The van der Waals surface area contributed by atoms with Crippen LogP contribution in [0.25, 0.3) is 54.6 Å². The molecule has 11 aromatic carbocycles. The summed E-state index contributed by atoms with van der Waals surface area (Å²) in [6.07, 6.45) is 0. The number of nitrogens with zero attached hydrogens (tertiary/aromatic N) is 3. The van der Waals surface area contributed by atoms with Gasteiger partial charge in [0.2, 0.25) is 0 Å². The van der Waals surface area contributed by atoms with Crippen molar-refractivity contribution < 1.29 is 24.7 Å². The summed E-state index contributed by atoms with van der Waals surface area (Å²) in [4.78, 5) is 5.73. The number of hydrogen-bond acceptors (Lipinski definition) is 4. The summed E-state index contributed by atoms with van der Waals surface area (Å²) in [5, 5.41) is 0.740. The van der Waals surface area contributed by atoms with Crippen LogP contribution in [0.4, 0.5) is 51.2 Å². The Morgan fingerprint density at radius 3 is 1.56 bits per heavy atom. The van der Waals surface area contributed by atoms with E-state index in [0.29, 0.717) is 50.8 Å². The average Bonchev–Trinajstić information content (AvgIpc) is 1.66. The molecule has 0 aliphatic carbocycles. The molecule has 0 fully saturated rings. The highest BCUT2D eigenvalue weighted by atomic mass is 32.1. The smallest absolute Gasteiger partial charge is 0.264 e. The average molecular weight is 1190 g/mol. The van der Waals surface area contributed by atoms with E-state index in [9.17, 15) is 13.7 Å². The van der Waals surface area contributed by atoms with Gasteiger partial charge in [0.25, 0.3) is 6.71 Å². The summed E-state index contributed by atoms with van der Waals surface area (Å²) in [7, 11) is 0. The molecule has 0 bridgehead atoms. The highest BCUT2D eigenvalue weighted by molar-refractivity contribution is 7.33. The first-order valence-corrected chi connectivity index (χ1v) is 31.0. The van der Waals surface area contributed by atoms with E-state index in [4.69, 9.17) is 11.0 Å². The van der Waals surface area contributed by atoms with Crippen LogP contribution < -0.4 is 30.4 Å². The van der Waals surface area contributed by atoms with E-state index in [2.05, 4.69) is 167 Å². The molecule has 1 aromatic heterocycles. The van der Waals surface area contributed by atoms with Crippen molar-refractivity contribution in [1.82, 2.24) is 0 Å². The Balaban J connectivity index is 1.18. The lowest BCUT2D eigenvalue weighted by Crippen LogP contribution is -2.60. The van der Waals surface area contributed by atoms with Gasteiger partial charge in [-0.05, 0) is 167 Å². The normalized spacial score (nSPS) is 15.9. The van der Waals surface area contributed by atoms with E-state index in [0.717, 1.165) is 59.3 Å². The highest BCUT2D eigenvalue weighted by Gasteiger charge is 2.46. The quantitative estimate of drug-likeness (QED) is 0.133. The Kier molecular flexibility index (Phi) is 9.92. The molecule has 5 heteroatoms. The van der Waals surface area contributed by atoms with E-state index in [1.807, 2.05) is 71.6 Å². The van der Waals surface area contributed by atoms with Gasteiger partial charge in [0.1, 0.15) is 0 Å². The molecular weight excluding hydrogens is 1090 g/mol. The Hall–Kier alpha value is -9.16. The molecule has 0 radical (unpaired) electrons. The second kappa shape index (κ2) is 21.9. The van der Waals surface area contributed by atoms with Crippen molar-refractivity contribution in [2.45, 2.75) is 105 Å². The third-order valence-electron chi connectivity index (χ3n) is 17.3. The maximum atomic E-state index is 10.4. The van der Waals surface area contributed by atoms with E-state index in [1.54, 1.807) is 4.90 Å². The molecule has 2 aliphatic rings. The second-order valence-corrected chi connectivity index (χ2v) is 28.4. The summed E-state index contributed by atoms with van der Waals surface area (Å²) < 4.78 is 171. The Morgan fingerprint density at radius 1 is 0.382 bits per heavy atom. The van der Waals surface area contributed by atoms with Crippen molar-refractivity contribution in [3.8, 4) is 44.5 Å². The number of anilines is 9. The monoisotopic (exact) mass is 1190 g/mol. The van der Waals surface area contributed by atoms with Crippen molar-refractivity contribution in [2.24, 2.45) is 0 Å². The van der Waals surface area contributed by atoms with Crippen molar-refractivity contribution in [2.75, 3.05) is 14.7 Å². The maximum Gasteiger partial charge on any atom is 0.264 e. The molecule has 0 saturated carbocycles. The van der Waals surface area contributed by atoms with Gasteiger partial charge in [-0.15, -0.1) is 11.3 Å². The van der Waals surface area contributed by atoms with E-state index in [1.165, 1.54) is 11.3 Å². The zero-order valence-corrected chi connectivity index (χ0v) is 53.0. The molecule has 0 saturated heterocycles. The predicted molar refractivity (Wildman–Crippen MR) is 387 cm³/mol. The number of rotatable bonds is 9. The van der Waals surface area contributed by atoms with Gasteiger partial charge in [0, 0.05) is 60.1 Å². The maximum absolute atomic E-state index is 10.4. The molecule has 0 N–H and O–H groups in total. The molecule has 0 spiro atoms. The molecule has 2 aliphatic heterocycles. The van der Waals surface area contributed by atoms with Crippen molar-refractivity contribution in [3.63, 3.8) is 0 Å². The van der Waals surface area contributed by atoms with Crippen molar-refractivity contribution in [1.29, 1.82) is 0 Å². The van der Waals surface area contributed by atoms with Gasteiger partial charge in [-0.3, -0.25) is 0 Å². The fourth-order valence-corrected chi connectivity index (χ4v) is 13.7. The van der Waals surface area contributed by atoms with Crippen molar-refractivity contribution in [3.05, 3.63) is 277 Å². The van der Waals surface area contributed by atoms with Gasteiger partial charge >= 0.3 is 0 Å². The van der Waals surface area contributed by atoms with Crippen LogP contribution >= 0.6 is 11.3 Å². The second-order valence-electron chi connectivity index (χ2n) is 27.3. The number of fused-ring (bicyclic) bond motifs is 6. The molecule has 3 heterocycles. The number of thiophene rings is 1. The van der Waals surface area contributed by atoms with Gasteiger partial charge in [-0.2, -0.15) is 0 Å². The third kappa shape index (κ3) is 10.5. The van der Waals surface area contributed by atoms with E-state index < -0.39 is 138 Å². The summed E-state index contributed by atoms with van der Waals surface area (Å²) in [5.74, 6) is 0. The van der Waals surface area contributed by atoms with Crippen LogP contribution in [0.1, 0.15) is 130 Å². The first kappa shape index (κ1) is 40.4. The zero-order valence-electron chi connectivity index (χ0n) is 70.2. The molecule has 89 heavy (non-hydrogen) atoms. The number of hydrogen-bond donors (Lipinski definition) is 0. The van der Waals surface area contributed by atoms with E-state index in [-0.39, 0.29) is 33.2 Å². The predicted octanol–water partition coefficient (Wildman–Crippen LogP) is 22.3. The minimum atomic E-state index is -0.719. The lowest BCUT2D eigenvalue weighted by atomic mass is 9.36. The minimum Gasteiger partial charge on any atom is -0.311 e. The fraction of sp³-hybridized carbons (Fsp3) is 0.190. The minimum absolute atomic E-state index is 0.151.